The predicted octanol–water partition coefficient (Wildman–Crippen LogP) is 2.77. The van der Waals surface area contributed by atoms with E-state index in [1.165, 1.54) is 0 Å². The summed E-state index contributed by atoms with van der Waals surface area (Å²) < 4.78 is 0. The largest absolute Gasteiger partial charge is 0.375 e. The molecule has 0 unspecified atom stereocenters. The highest BCUT2D eigenvalue weighted by Gasteiger charge is 2.18. The number of nitrogens with two attached hydrogens (primary N) is 1. The van der Waals surface area contributed by atoms with Crippen molar-refractivity contribution in [2.45, 2.75) is 19.9 Å². The zero-order valence-electron chi connectivity index (χ0n) is 18.0. The van der Waals surface area contributed by atoms with Crippen molar-refractivity contribution >= 4 is 34.0 Å². The fraction of sp³-hybridized carbons (Fsp3) is 0.318. The Morgan fingerprint density at radius 1 is 1.25 bits per heavy atom. The summed E-state index contributed by atoms with van der Waals surface area (Å²) in [7, 11) is 1.86. The molecule has 1 saturated heterocycles. The molecule has 32 heavy (non-hydrogen) atoms. The van der Waals surface area contributed by atoms with Crippen LogP contribution in [0.1, 0.15) is 22.4 Å². The zero-order chi connectivity index (χ0) is 22.7. The van der Waals surface area contributed by atoms with E-state index in [1.54, 1.807) is 17.2 Å². The van der Waals surface area contributed by atoms with Gasteiger partial charge in [0.2, 0.25) is 11.9 Å². The normalized spacial score (nSPS) is 14.8. The van der Waals surface area contributed by atoms with E-state index in [9.17, 15) is 10.1 Å². The van der Waals surface area contributed by atoms with Crippen LogP contribution in [-0.2, 0) is 11.3 Å². The van der Waals surface area contributed by atoms with Crippen molar-refractivity contribution in [2.75, 3.05) is 37.7 Å². The summed E-state index contributed by atoms with van der Waals surface area (Å²) in [6.07, 6.45) is 2.17. The van der Waals surface area contributed by atoms with Crippen molar-refractivity contribution in [1.29, 1.82) is 5.26 Å². The second-order valence-electron chi connectivity index (χ2n) is 7.78. The summed E-state index contributed by atoms with van der Waals surface area (Å²) in [5.41, 5.74) is 9.91. The lowest BCUT2D eigenvalue weighted by Crippen LogP contribution is -2.29. The van der Waals surface area contributed by atoms with Crippen molar-refractivity contribution in [3.05, 3.63) is 46.5 Å². The van der Waals surface area contributed by atoms with Crippen LogP contribution < -0.4 is 11.1 Å². The number of likely N-dealkylation sites (N-methyl/N-ethyl adjacent to an activating group) is 1. The lowest BCUT2D eigenvalue weighted by atomic mass is 10.1. The molecule has 0 bridgehead atoms. The molecule has 1 aliphatic rings. The highest BCUT2D eigenvalue weighted by atomic mass is 32.1. The number of nitrogen functional groups attached to an aromatic ring is 1. The number of hydrogen-bond acceptors (Lipinski definition) is 9. The molecule has 2 aromatic heterocycles. The molecule has 1 fully saturated rings. The summed E-state index contributed by atoms with van der Waals surface area (Å²) >= 11 is 1.14. The van der Waals surface area contributed by atoms with Crippen LogP contribution in [0.25, 0.3) is 11.4 Å². The summed E-state index contributed by atoms with van der Waals surface area (Å²) in [6.45, 7) is 5.15. The van der Waals surface area contributed by atoms with Crippen LogP contribution >= 0.6 is 11.3 Å². The van der Waals surface area contributed by atoms with Gasteiger partial charge in [-0.3, -0.25) is 9.69 Å². The first-order valence-corrected chi connectivity index (χ1v) is 11.1. The molecule has 0 aliphatic carbocycles. The molecule has 0 saturated carbocycles. The van der Waals surface area contributed by atoms with E-state index in [4.69, 9.17) is 5.73 Å². The molecule has 3 aromatic rings. The van der Waals surface area contributed by atoms with Gasteiger partial charge in [-0.15, -0.1) is 0 Å². The Morgan fingerprint density at radius 3 is 2.91 bits per heavy atom. The number of aromatic nitrogens is 3. The van der Waals surface area contributed by atoms with Crippen LogP contribution in [0.4, 0.5) is 16.8 Å². The second-order valence-corrected chi connectivity index (χ2v) is 8.81. The minimum atomic E-state index is 0.192. The molecular weight excluding hydrogens is 424 g/mol. The number of carbonyl (C=O) groups is 1. The van der Waals surface area contributed by atoms with Gasteiger partial charge in [-0.05, 0) is 36.2 Å². The Balaban J connectivity index is 1.52. The zero-order valence-corrected chi connectivity index (χ0v) is 18.8. The third-order valence-electron chi connectivity index (χ3n) is 5.26. The molecule has 3 N–H and O–H groups in total. The number of nitriles is 1. The maximum Gasteiger partial charge on any atom is 0.227 e. The maximum atomic E-state index is 11.9. The first-order valence-electron chi connectivity index (χ1n) is 10.2. The van der Waals surface area contributed by atoms with Crippen LogP contribution in [0, 0.1) is 18.3 Å². The SMILES string of the molecule is Cc1cc(CN2CCC(=O)N(C)CC2)cc(Nc2nccc(-c3nc(N)sc3C#N)n2)c1. The van der Waals surface area contributed by atoms with Crippen LogP contribution in [-0.4, -0.2) is 57.3 Å². The highest BCUT2D eigenvalue weighted by molar-refractivity contribution is 7.16. The van der Waals surface area contributed by atoms with Gasteiger partial charge in [0.15, 0.2) is 5.13 Å². The third-order valence-corrected chi connectivity index (χ3v) is 6.05. The highest BCUT2D eigenvalue weighted by Crippen LogP contribution is 2.28. The van der Waals surface area contributed by atoms with Gasteiger partial charge in [0, 0.05) is 51.5 Å². The number of nitrogens with one attached hydrogen (secondary N) is 1. The molecule has 4 rings (SSSR count). The molecule has 1 aromatic carbocycles. The molecule has 0 radical (unpaired) electrons. The van der Waals surface area contributed by atoms with Crippen LogP contribution in [0.3, 0.4) is 0 Å². The average molecular weight is 449 g/mol. The van der Waals surface area contributed by atoms with Crippen molar-refractivity contribution in [3.8, 4) is 17.5 Å². The molecule has 0 atom stereocenters. The summed E-state index contributed by atoms with van der Waals surface area (Å²) in [5.74, 6) is 0.606. The number of rotatable bonds is 5. The van der Waals surface area contributed by atoms with Gasteiger partial charge in [0.1, 0.15) is 16.6 Å². The predicted molar refractivity (Wildman–Crippen MR) is 124 cm³/mol. The molecule has 3 heterocycles. The van der Waals surface area contributed by atoms with E-state index in [2.05, 4.69) is 43.4 Å². The van der Waals surface area contributed by atoms with E-state index in [0.717, 1.165) is 54.3 Å². The number of carbonyl (C=O) groups excluding carboxylic acids is 1. The van der Waals surface area contributed by atoms with Crippen LogP contribution in [0.2, 0.25) is 0 Å². The number of amides is 1. The number of benzene rings is 1. The fourth-order valence-electron chi connectivity index (χ4n) is 3.68. The molecule has 1 amide bonds. The van der Waals surface area contributed by atoms with E-state index in [-0.39, 0.29) is 5.91 Å². The van der Waals surface area contributed by atoms with Gasteiger partial charge in [0.05, 0.1) is 5.69 Å². The Morgan fingerprint density at radius 2 is 2.09 bits per heavy atom. The van der Waals surface area contributed by atoms with E-state index in [0.29, 0.717) is 33.8 Å². The fourth-order valence-corrected chi connectivity index (χ4v) is 4.32. The number of anilines is 3. The molecule has 164 valence electrons. The molecule has 1 aliphatic heterocycles. The smallest absolute Gasteiger partial charge is 0.227 e. The topological polar surface area (TPSA) is 124 Å². The second kappa shape index (κ2) is 9.30. The van der Waals surface area contributed by atoms with Gasteiger partial charge in [-0.2, -0.15) is 5.26 Å². The Kier molecular flexibility index (Phi) is 6.30. The Bertz CT molecular complexity index is 1180. The average Bonchev–Trinajstić information content (AvgIpc) is 3.08. The van der Waals surface area contributed by atoms with Crippen molar-refractivity contribution in [1.82, 2.24) is 24.8 Å². The number of nitrogens with zero attached hydrogens (tertiary/aromatic N) is 6. The first-order chi connectivity index (χ1) is 15.4. The van der Waals surface area contributed by atoms with Gasteiger partial charge >= 0.3 is 0 Å². The molecule has 0 spiro atoms. The van der Waals surface area contributed by atoms with Gasteiger partial charge in [0.25, 0.3) is 0 Å². The Hall–Kier alpha value is -3.55. The molecule has 10 heteroatoms. The number of thiazole rings is 1. The number of hydrogen-bond donors (Lipinski definition) is 2. The summed E-state index contributed by atoms with van der Waals surface area (Å²) in [4.78, 5) is 29.5. The van der Waals surface area contributed by atoms with E-state index in [1.807, 2.05) is 20.0 Å². The minimum absolute atomic E-state index is 0.192. The van der Waals surface area contributed by atoms with Crippen LogP contribution in [0.15, 0.2) is 30.5 Å². The van der Waals surface area contributed by atoms with Crippen molar-refractivity contribution in [2.24, 2.45) is 0 Å². The standard InChI is InChI=1S/C22H24N8OS/c1-14-9-15(13-30-6-4-19(31)29(2)7-8-30)11-16(10-14)26-22-25-5-3-17(27-22)20-18(12-23)32-21(24)28-20/h3,5,9-11H,4,6-8,13H2,1-2H3,(H2,24,28)(H,25,26,27). The summed E-state index contributed by atoms with van der Waals surface area (Å²) in [6, 6.07) is 10.1. The Labute approximate surface area is 190 Å². The third kappa shape index (κ3) is 5.01. The van der Waals surface area contributed by atoms with Gasteiger partial charge in [-0.1, -0.05) is 17.4 Å². The minimum Gasteiger partial charge on any atom is -0.375 e. The quantitative estimate of drug-likeness (QED) is 0.611. The molecular formula is C22H24N8OS. The summed E-state index contributed by atoms with van der Waals surface area (Å²) in [5, 5.41) is 12.9. The lowest BCUT2D eigenvalue weighted by molar-refractivity contribution is -0.129. The van der Waals surface area contributed by atoms with Crippen LogP contribution in [0.5, 0.6) is 0 Å². The van der Waals surface area contributed by atoms with Gasteiger partial charge in [-0.25, -0.2) is 15.0 Å². The lowest BCUT2D eigenvalue weighted by Gasteiger charge is -2.20. The maximum absolute atomic E-state index is 11.9. The molecule has 9 nitrogen and oxygen atoms in total. The van der Waals surface area contributed by atoms with Crippen molar-refractivity contribution in [3.63, 3.8) is 0 Å². The monoisotopic (exact) mass is 448 g/mol. The van der Waals surface area contributed by atoms with Crippen molar-refractivity contribution < 1.29 is 4.79 Å². The first kappa shape index (κ1) is 21.7. The van der Waals surface area contributed by atoms with E-state index < -0.39 is 0 Å². The van der Waals surface area contributed by atoms with E-state index >= 15 is 0 Å². The van der Waals surface area contributed by atoms with Gasteiger partial charge < -0.3 is 16.0 Å². The number of aryl methyl sites for hydroxylation is 1.